The molecule has 3 amide bonds. The second-order valence-corrected chi connectivity index (χ2v) is 5.53. The van der Waals surface area contributed by atoms with Crippen molar-refractivity contribution in [2.45, 2.75) is 31.7 Å². The van der Waals surface area contributed by atoms with Gasteiger partial charge in [0.15, 0.2) is 0 Å². The second-order valence-electron chi connectivity index (χ2n) is 5.10. The number of urea groups is 1. The highest BCUT2D eigenvalue weighted by atomic mass is 35.5. The fourth-order valence-electron chi connectivity index (χ4n) is 2.92. The van der Waals surface area contributed by atoms with E-state index >= 15 is 0 Å². The minimum Gasteiger partial charge on any atom is -0.334 e. The van der Waals surface area contributed by atoms with Gasteiger partial charge in [-0.05, 0) is 37.1 Å². The summed E-state index contributed by atoms with van der Waals surface area (Å²) in [6.07, 6.45) is 3.89. The summed E-state index contributed by atoms with van der Waals surface area (Å²) in [5.41, 5.74) is 0.580. The van der Waals surface area contributed by atoms with E-state index in [2.05, 4.69) is 5.32 Å². The molecule has 1 saturated heterocycles. The molecule has 0 aromatic heterocycles. The SMILES string of the molecule is O=C1N[C@H]2CCCC[C@H]2C(=O)N1c1ccc(Cl)cc1. The highest BCUT2D eigenvalue weighted by molar-refractivity contribution is 6.30. The maximum absolute atomic E-state index is 12.5. The summed E-state index contributed by atoms with van der Waals surface area (Å²) in [6.45, 7) is 0. The Kier molecular flexibility index (Phi) is 3.19. The summed E-state index contributed by atoms with van der Waals surface area (Å²) < 4.78 is 0. The lowest BCUT2D eigenvalue weighted by Crippen LogP contribution is -2.61. The highest BCUT2D eigenvalue weighted by Crippen LogP contribution is 2.31. The van der Waals surface area contributed by atoms with Crippen LogP contribution in [0, 0.1) is 5.92 Å². The zero-order valence-corrected chi connectivity index (χ0v) is 11.2. The number of anilines is 1. The Morgan fingerprint density at radius 1 is 1.11 bits per heavy atom. The third-order valence-electron chi connectivity index (χ3n) is 3.90. The smallest absolute Gasteiger partial charge is 0.328 e. The average molecular weight is 279 g/mol. The van der Waals surface area contributed by atoms with E-state index in [-0.39, 0.29) is 23.9 Å². The lowest BCUT2D eigenvalue weighted by atomic mass is 9.82. The van der Waals surface area contributed by atoms with E-state index in [1.807, 2.05) is 0 Å². The van der Waals surface area contributed by atoms with E-state index in [1.165, 1.54) is 4.90 Å². The number of carbonyl (C=O) groups excluding carboxylic acids is 2. The van der Waals surface area contributed by atoms with Crippen LogP contribution in [0.2, 0.25) is 5.02 Å². The molecule has 3 rings (SSSR count). The molecule has 2 fully saturated rings. The molecular formula is C14H15ClN2O2. The van der Waals surface area contributed by atoms with Crippen LogP contribution in [0.15, 0.2) is 24.3 Å². The largest absolute Gasteiger partial charge is 0.334 e. The number of rotatable bonds is 1. The molecule has 2 atom stereocenters. The second kappa shape index (κ2) is 4.85. The van der Waals surface area contributed by atoms with Crippen molar-refractivity contribution in [1.82, 2.24) is 5.32 Å². The predicted octanol–water partition coefficient (Wildman–Crippen LogP) is 2.96. The standard InChI is InChI=1S/C14H15ClN2O2/c15-9-5-7-10(8-6-9)17-13(18)11-3-1-2-4-12(11)16-14(17)19/h5-8,11-12H,1-4H2,(H,16,19)/t11-,12+/m1/s1. The molecule has 100 valence electrons. The van der Waals surface area contributed by atoms with Gasteiger partial charge >= 0.3 is 6.03 Å². The van der Waals surface area contributed by atoms with Crippen molar-refractivity contribution in [2.24, 2.45) is 5.92 Å². The lowest BCUT2D eigenvalue weighted by molar-refractivity contribution is -0.124. The van der Waals surface area contributed by atoms with Crippen LogP contribution in [0.25, 0.3) is 0 Å². The molecule has 1 N–H and O–H groups in total. The number of benzene rings is 1. The van der Waals surface area contributed by atoms with Gasteiger partial charge in [-0.3, -0.25) is 4.79 Å². The zero-order valence-electron chi connectivity index (χ0n) is 10.4. The number of fused-ring (bicyclic) bond motifs is 1. The van der Waals surface area contributed by atoms with E-state index in [9.17, 15) is 9.59 Å². The van der Waals surface area contributed by atoms with Crippen molar-refractivity contribution in [3.05, 3.63) is 29.3 Å². The molecule has 1 heterocycles. The third-order valence-corrected chi connectivity index (χ3v) is 4.15. The van der Waals surface area contributed by atoms with Gasteiger partial charge in [0, 0.05) is 11.1 Å². The van der Waals surface area contributed by atoms with Gasteiger partial charge in [-0.15, -0.1) is 0 Å². The van der Waals surface area contributed by atoms with Crippen LogP contribution in [0.5, 0.6) is 0 Å². The van der Waals surface area contributed by atoms with Crippen LogP contribution in [-0.2, 0) is 4.79 Å². The summed E-state index contributed by atoms with van der Waals surface area (Å²) in [6, 6.07) is 6.45. The monoisotopic (exact) mass is 278 g/mol. The Morgan fingerprint density at radius 3 is 2.53 bits per heavy atom. The highest BCUT2D eigenvalue weighted by Gasteiger charge is 2.42. The molecule has 5 heteroatoms. The summed E-state index contributed by atoms with van der Waals surface area (Å²) in [5.74, 6) is -0.169. The number of hydrogen-bond donors (Lipinski definition) is 1. The summed E-state index contributed by atoms with van der Waals surface area (Å²) in [4.78, 5) is 25.8. The van der Waals surface area contributed by atoms with Crippen molar-refractivity contribution in [3.8, 4) is 0 Å². The number of carbonyl (C=O) groups is 2. The first-order valence-electron chi connectivity index (χ1n) is 6.57. The zero-order chi connectivity index (χ0) is 13.4. The van der Waals surface area contributed by atoms with E-state index < -0.39 is 0 Å². The minimum atomic E-state index is -0.324. The van der Waals surface area contributed by atoms with Crippen molar-refractivity contribution >= 4 is 29.2 Å². The molecule has 1 aromatic rings. The van der Waals surface area contributed by atoms with Crippen LogP contribution >= 0.6 is 11.6 Å². The Labute approximate surface area is 116 Å². The van der Waals surface area contributed by atoms with Gasteiger partial charge in [-0.2, -0.15) is 0 Å². The van der Waals surface area contributed by atoms with Crippen LogP contribution in [0.4, 0.5) is 10.5 Å². The number of amides is 3. The molecule has 0 spiro atoms. The normalized spacial score (nSPS) is 26.9. The molecule has 1 aromatic carbocycles. The molecule has 0 radical (unpaired) electrons. The first-order chi connectivity index (χ1) is 9.16. The molecule has 19 heavy (non-hydrogen) atoms. The Bertz CT molecular complexity index is 515. The number of imide groups is 1. The van der Waals surface area contributed by atoms with Crippen LogP contribution in [0.3, 0.4) is 0 Å². The van der Waals surface area contributed by atoms with Crippen molar-refractivity contribution in [1.29, 1.82) is 0 Å². The van der Waals surface area contributed by atoms with Crippen LogP contribution < -0.4 is 10.2 Å². The van der Waals surface area contributed by atoms with E-state index in [1.54, 1.807) is 24.3 Å². The molecule has 1 saturated carbocycles. The predicted molar refractivity (Wildman–Crippen MR) is 73.2 cm³/mol. The van der Waals surface area contributed by atoms with Crippen molar-refractivity contribution in [2.75, 3.05) is 4.90 Å². The Hall–Kier alpha value is -1.55. The number of nitrogens with zero attached hydrogens (tertiary/aromatic N) is 1. The van der Waals surface area contributed by atoms with Gasteiger partial charge in [0.2, 0.25) is 5.91 Å². The molecule has 0 bridgehead atoms. The molecule has 1 aliphatic carbocycles. The molecule has 0 unspecified atom stereocenters. The quantitative estimate of drug-likeness (QED) is 0.859. The van der Waals surface area contributed by atoms with Gasteiger partial charge in [0.05, 0.1) is 11.6 Å². The van der Waals surface area contributed by atoms with E-state index in [0.717, 1.165) is 25.7 Å². The van der Waals surface area contributed by atoms with Gasteiger partial charge in [-0.1, -0.05) is 24.4 Å². The molecule has 2 aliphatic rings. The lowest BCUT2D eigenvalue weighted by Gasteiger charge is -2.39. The third kappa shape index (κ3) is 2.21. The number of nitrogens with one attached hydrogen (secondary N) is 1. The van der Waals surface area contributed by atoms with Crippen LogP contribution in [-0.4, -0.2) is 18.0 Å². The Morgan fingerprint density at radius 2 is 1.79 bits per heavy atom. The fourth-order valence-corrected chi connectivity index (χ4v) is 3.05. The summed E-state index contributed by atoms with van der Waals surface area (Å²) >= 11 is 5.83. The molecular weight excluding hydrogens is 264 g/mol. The molecule has 4 nitrogen and oxygen atoms in total. The maximum atomic E-state index is 12.5. The number of hydrogen-bond acceptors (Lipinski definition) is 2. The summed E-state index contributed by atoms with van der Waals surface area (Å²) in [5, 5.41) is 3.53. The fraction of sp³-hybridized carbons (Fsp3) is 0.429. The van der Waals surface area contributed by atoms with Crippen molar-refractivity contribution < 1.29 is 9.59 Å². The minimum absolute atomic E-state index is 0.0114. The first kappa shape index (κ1) is 12.5. The molecule has 1 aliphatic heterocycles. The van der Waals surface area contributed by atoms with Gasteiger partial charge in [-0.25, -0.2) is 9.69 Å². The number of halogens is 1. The van der Waals surface area contributed by atoms with E-state index in [4.69, 9.17) is 11.6 Å². The van der Waals surface area contributed by atoms with E-state index in [0.29, 0.717) is 10.7 Å². The van der Waals surface area contributed by atoms with Crippen LogP contribution in [0.1, 0.15) is 25.7 Å². The Balaban J connectivity index is 1.90. The first-order valence-corrected chi connectivity index (χ1v) is 6.94. The van der Waals surface area contributed by atoms with Gasteiger partial charge in [0.1, 0.15) is 0 Å². The van der Waals surface area contributed by atoms with Gasteiger partial charge < -0.3 is 5.32 Å². The van der Waals surface area contributed by atoms with Crippen molar-refractivity contribution in [3.63, 3.8) is 0 Å². The average Bonchev–Trinajstić information content (AvgIpc) is 2.41. The van der Waals surface area contributed by atoms with Gasteiger partial charge in [0.25, 0.3) is 0 Å². The summed E-state index contributed by atoms with van der Waals surface area (Å²) in [7, 11) is 0. The topological polar surface area (TPSA) is 49.4 Å². The maximum Gasteiger partial charge on any atom is 0.328 e.